The Bertz CT molecular complexity index is 1510. The number of nitrogens with zero attached hydrogens (tertiary/aromatic N) is 4. The van der Waals surface area contributed by atoms with E-state index >= 15 is 0 Å². The van der Waals surface area contributed by atoms with Crippen LogP contribution in [0.2, 0.25) is 5.02 Å². The molecular formula is C26H36ClN5O6S3. The van der Waals surface area contributed by atoms with Crippen LogP contribution in [0.3, 0.4) is 0 Å². The largest absolute Gasteiger partial charge is 0.337 e. The molecule has 2 amide bonds. The molecule has 15 heteroatoms. The van der Waals surface area contributed by atoms with E-state index in [0.29, 0.717) is 63.7 Å². The molecule has 3 aliphatic heterocycles. The summed E-state index contributed by atoms with van der Waals surface area (Å²) in [5, 5.41) is 1.23. The van der Waals surface area contributed by atoms with E-state index < -0.39 is 26.1 Å². The van der Waals surface area contributed by atoms with Crippen molar-refractivity contribution in [2.24, 2.45) is 0 Å². The molecule has 0 spiro atoms. The van der Waals surface area contributed by atoms with Gasteiger partial charge in [-0.25, -0.2) is 16.8 Å². The Kier molecular flexibility index (Phi) is 9.29. The van der Waals surface area contributed by atoms with E-state index in [4.69, 9.17) is 11.6 Å². The molecule has 3 saturated heterocycles. The first-order chi connectivity index (χ1) is 19.5. The number of halogens is 1. The van der Waals surface area contributed by atoms with Gasteiger partial charge in [0, 0.05) is 61.6 Å². The summed E-state index contributed by atoms with van der Waals surface area (Å²) in [6.45, 7) is 5.39. The summed E-state index contributed by atoms with van der Waals surface area (Å²) in [5.41, 5.74) is 0. The molecule has 1 N–H and O–H groups in total. The second-order valence-corrected chi connectivity index (χ2v) is 16.5. The number of hydrogen-bond acceptors (Lipinski definition) is 8. The van der Waals surface area contributed by atoms with Crippen molar-refractivity contribution in [3.63, 3.8) is 0 Å². The smallest absolute Gasteiger partial charge is 0.250 e. The average Bonchev–Trinajstić information content (AvgIpc) is 3.58. The minimum atomic E-state index is -3.94. The number of fused-ring (bicyclic) bond motifs is 1. The number of amides is 2. The summed E-state index contributed by atoms with van der Waals surface area (Å²) < 4.78 is 55.6. The normalized spacial score (nSPS) is 23.5. The zero-order valence-electron chi connectivity index (χ0n) is 23.0. The maximum atomic E-state index is 13.4. The highest BCUT2D eigenvalue weighted by Gasteiger charge is 2.37. The van der Waals surface area contributed by atoms with Crippen molar-refractivity contribution in [2.75, 3.05) is 58.1 Å². The molecule has 1 aromatic heterocycles. The van der Waals surface area contributed by atoms with Crippen LogP contribution < -0.4 is 4.72 Å². The van der Waals surface area contributed by atoms with Crippen molar-refractivity contribution in [3.05, 3.63) is 29.3 Å². The van der Waals surface area contributed by atoms with Crippen LogP contribution in [0.4, 0.5) is 0 Å². The molecule has 3 aliphatic rings. The summed E-state index contributed by atoms with van der Waals surface area (Å²) in [4.78, 5) is 32.1. The number of rotatable bonds is 9. The van der Waals surface area contributed by atoms with Gasteiger partial charge in [0.2, 0.25) is 21.8 Å². The molecule has 226 valence electrons. The Balaban J connectivity index is 1.17. The molecule has 11 nitrogen and oxygen atoms in total. The van der Waals surface area contributed by atoms with Crippen LogP contribution in [0.25, 0.3) is 10.1 Å². The van der Waals surface area contributed by atoms with Crippen molar-refractivity contribution in [1.29, 1.82) is 0 Å². The fourth-order valence-electron chi connectivity index (χ4n) is 5.85. The van der Waals surface area contributed by atoms with Gasteiger partial charge in [0.15, 0.2) is 0 Å². The summed E-state index contributed by atoms with van der Waals surface area (Å²) in [6.07, 6.45) is 2.68. The zero-order chi connectivity index (χ0) is 29.4. The van der Waals surface area contributed by atoms with Gasteiger partial charge in [0.05, 0.1) is 12.3 Å². The standard InChI is InChI=1S/C26H36ClN5O6S3/c1-2-40(35,36)31-13-11-29(12-14-31)17-21-5-3-10-32(21)24(33)18-30-9-4-6-22(26(30)34)28-41(37,38)25-16-19-15-20(27)7-8-23(19)39-25/h7-8,15-16,21-22,28H,2-6,9-14,17-18H2,1H3/t21-,22-/m0/s1. The van der Waals surface area contributed by atoms with Crippen LogP contribution in [-0.4, -0.2) is 118 Å². The van der Waals surface area contributed by atoms with Crippen LogP contribution in [0, 0.1) is 0 Å². The number of sulfonamides is 2. The fourth-order valence-corrected chi connectivity index (χ4v) is 9.74. The van der Waals surface area contributed by atoms with E-state index in [-0.39, 0.29) is 34.4 Å². The second kappa shape index (κ2) is 12.4. The van der Waals surface area contributed by atoms with Crippen molar-refractivity contribution in [2.45, 2.75) is 48.9 Å². The molecular weight excluding hydrogens is 610 g/mol. The molecule has 2 atom stereocenters. The van der Waals surface area contributed by atoms with E-state index in [1.54, 1.807) is 31.2 Å². The van der Waals surface area contributed by atoms with E-state index in [2.05, 4.69) is 9.62 Å². The minimum absolute atomic E-state index is 0.00693. The number of benzene rings is 1. The Morgan fingerprint density at radius 2 is 1.76 bits per heavy atom. The number of likely N-dealkylation sites (tertiary alicyclic amines) is 2. The van der Waals surface area contributed by atoms with Crippen molar-refractivity contribution in [1.82, 2.24) is 23.7 Å². The molecule has 0 radical (unpaired) electrons. The van der Waals surface area contributed by atoms with E-state index in [9.17, 15) is 26.4 Å². The van der Waals surface area contributed by atoms with Gasteiger partial charge >= 0.3 is 0 Å². The van der Waals surface area contributed by atoms with Gasteiger partial charge in [-0.1, -0.05) is 11.6 Å². The Morgan fingerprint density at radius 3 is 2.49 bits per heavy atom. The quantitative estimate of drug-likeness (QED) is 0.441. The van der Waals surface area contributed by atoms with Crippen LogP contribution >= 0.6 is 22.9 Å². The molecule has 0 aliphatic carbocycles. The molecule has 41 heavy (non-hydrogen) atoms. The summed E-state index contributed by atoms with van der Waals surface area (Å²) in [7, 11) is -7.14. The topological polar surface area (TPSA) is 127 Å². The third kappa shape index (κ3) is 6.89. The number of hydrogen-bond donors (Lipinski definition) is 1. The van der Waals surface area contributed by atoms with E-state index in [1.807, 2.05) is 4.90 Å². The van der Waals surface area contributed by atoms with Crippen molar-refractivity contribution < 1.29 is 26.4 Å². The van der Waals surface area contributed by atoms with E-state index in [0.717, 1.165) is 34.3 Å². The number of piperazine rings is 1. The van der Waals surface area contributed by atoms with Crippen molar-refractivity contribution >= 4 is 64.9 Å². The lowest BCUT2D eigenvalue weighted by atomic mass is 10.1. The summed E-state index contributed by atoms with van der Waals surface area (Å²) >= 11 is 7.16. The Labute approximate surface area is 250 Å². The first-order valence-corrected chi connectivity index (χ1v) is 18.3. The molecule has 2 aromatic rings. The third-order valence-corrected chi connectivity index (χ3v) is 13.3. The van der Waals surface area contributed by atoms with E-state index in [1.165, 1.54) is 9.21 Å². The molecule has 0 unspecified atom stereocenters. The molecule has 1 aromatic carbocycles. The predicted octanol–water partition coefficient (Wildman–Crippen LogP) is 1.78. The number of nitrogens with one attached hydrogen (secondary N) is 1. The average molecular weight is 646 g/mol. The van der Waals surface area contributed by atoms with Crippen LogP contribution in [-0.2, 0) is 29.6 Å². The SMILES string of the molecule is CCS(=O)(=O)N1CCN(C[C@@H]2CCCN2C(=O)CN2CCC[C@H](NS(=O)(=O)c3cc4cc(Cl)ccc4s3)C2=O)CC1. The molecule has 0 bridgehead atoms. The number of thiophene rings is 1. The van der Waals surface area contributed by atoms with Gasteiger partial charge in [0.1, 0.15) is 10.3 Å². The van der Waals surface area contributed by atoms with Gasteiger partial charge in [-0.2, -0.15) is 9.03 Å². The van der Waals surface area contributed by atoms with Crippen LogP contribution in [0.5, 0.6) is 0 Å². The van der Waals surface area contributed by atoms with Crippen LogP contribution in [0.1, 0.15) is 32.6 Å². The highest BCUT2D eigenvalue weighted by molar-refractivity contribution is 7.91. The molecule has 0 saturated carbocycles. The predicted molar refractivity (Wildman–Crippen MR) is 159 cm³/mol. The summed E-state index contributed by atoms with van der Waals surface area (Å²) in [5.74, 6) is -0.435. The van der Waals surface area contributed by atoms with Gasteiger partial charge in [0.25, 0.3) is 10.0 Å². The monoisotopic (exact) mass is 645 g/mol. The van der Waals surface area contributed by atoms with Gasteiger partial charge in [-0.3, -0.25) is 14.5 Å². The zero-order valence-corrected chi connectivity index (χ0v) is 26.2. The number of piperidine rings is 1. The Morgan fingerprint density at radius 1 is 1.02 bits per heavy atom. The van der Waals surface area contributed by atoms with Crippen LogP contribution in [0.15, 0.2) is 28.5 Å². The lowest BCUT2D eigenvalue weighted by Crippen LogP contribution is -2.56. The highest BCUT2D eigenvalue weighted by atomic mass is 35.5. The first-order valence-electron chi connectivity index (χ1n) is 14.0. The lowest BCUT2D eigenvalue weighted by Gasteiger charge is -2.37. The van der Waals surface area contributed by atoms with Gasteiger partial charge in [-0.15, -0.1) is 11.3 Å². The molecule has 3 fully saturated rings. The third-order valence-electron chi connectivity index (χ3n) is 8.13. The highest BCUT2D eigenvalue weighted by Crippen LogP contribution is 2.31. The minimum Gasteiger partial charge on any atom is -0.337 e. The second-order valence-electron chi connectivity index (χ2n) is 10.8. The number of carbonyl (C=O) groups is 2. The lowest BCUT2D eigenvalue weighted by molar-refractivity contribution is -0.143. The first kappa shape index (κ1) is 30.6. The molecule has 5 rings (SSSR count). The number of carbonyl (C=O) groups excluding carboxylic acids is 2. The maximum Gasteiger partial charge on any atom is 0.250 e. The molecule has 4 heterocycles. The fraction of sp³-hybridized carbons (Fsp3) is 0.615. The Hall–Kier alpha value is -1.81. The maximum absolute atomic E-state index is 13.4. The van der Waals surface area contributed by atoms with Crippen molar-refractivity contribution in [3.8, 4) is 0 Å². The van der Waals surface area contributed by atoms with Gasteiger partial charge < -0.3 is 9.80 Å². The van der Waals surface area contributed by atoms with Gasteiger partial charge in [-0.05, 0) is 62.3 Å². The summed E-state index contributed by atoms with van der Waals surface area (Å²) in [6, 6.07) is 5.80.